The third-order valence-corrected chi connectivity index (χ3v) is 6.43. The molecule has 4 rings (SSSR count). The maximum Gasteiger partial charge on any atom is 0.255 e. The Hall–Kier alpha value is -2.93. The van der Waals surface area contributed by atoms with Gasteiger partial charge < -0.3 is 19.4 Å². The number of carbonyl (C=O) groups is 2. The summed E-state index contributed by atoms with van der Waals surface area (Å²) in [7, 11) is 2.08. The highest BCUT2D eigenvalue weighted by Gasteiger charge is 2.36. The van der Waals surface area contributed by atoms with Gasteiger partial charge in [-0.15, -0.1) is 0 Å². The summed E-state index contributed by atoms with van der Waals surface area (Å²) in [6.45, 7) is 6.30. The van der Waals surface area contributed by atoms with Gasteiger partial charge in [-0.1, -0.05) is 18.2 Å². The number of aromatic nitrogens is 1. The van der Waals surface area contributed by atoms with Crippen LogP contribution < -0.4 is 4.74 Å². The Labute approximate surface area is 190 Å². The van der Waals surface area contributed by atoms with E-state index in [1.165, 1.54) is 0 Å². The average molecular weight is 437 g/mol. The van der Waals surface area contributed by atoms with Crippen molar-refractivity contribution in [3.8, 4) is 5.75 Å². The lowest BCUT2D eigenvalue weighted by Crippen LogP contribution is -2.51. The Balaban J connectivity index is 1.47. The van der Waals surface area contributed by atoms with E-state index in [1.54, 1.807) is 6.20 Å². The zero-order chi connectivity index (χ0) is 22.5. The first-order chi connectivity index (χ1) is 15.5. The van der Waals surface area contributed by atoms with Gasteiger partial charge in [-0.05, 0) is 38.2 Å². The molecule has 2 aliphatic rings. The number of para-hydroxylation sites is 1. The molecule has 0 radical (unpaired) electrons. The number of rotatable bonds is 5. The van der Waals surface area contributed by atoms with Crippen molar-refractivity contribution in [2.45, 2.75) is 25.9 Å². The van der Waals surface area contributed by atoms with Crippen LogP contribution in [0.3, 0.4) is 0 Å². The molecule has 1 aromatic heterocycles. The molecule has 0 unspecified atom stereocenters. The summed E-state index contributed by atoms with van der Waals surface area (Å²) >= 11 is 0. The quantitative estimate of drug-likeness (QED) is 0.721. The molecule has 7 nitrogen and oxygen atoms in total. The van der Waals surface area contributed by atoms with E-state index in [0.717, 1.165) is 37.6 Å². The summed E-state index contributed by atoms with van der Waals surface area (Å²) in [5, 5.41) is 0. The summed E-state index contributed by atoms with van der Waals surface area (Å²) in [4.78, 5) is 36.5. The van der Waals surface area contributed by atoms with Crippen molar-refractivity contribution in [2.75, 3.05) is 46.3 Å². The average Bonchev–Trinajstić information content (AvgIpc) is 2.81. The van der Waals surface area contributed by atoms with Gasteiger partial charge in [0.1, 0.15) is 11.9 Å². The molecule has 0 aliphatic carbocycles. The second-order valence-corrected chi connectivity index (χ2v) is 8.85. The maximum absolute atomic E-state index is 13.1. The fraction of sp³-hybridized carbons (Fsp3) is 0.480. The molecule has 2 atom stereocenters. The highest BCUT2D eigenvalue weighted by atomic mass is 16.5. The van der Waals surface area contributed by atoms with Gasteiger partial charge in [0, 0.05) is 69.9 Å². The van der Waals surface area contributed by atoms with E-state index in [-0.39, 0.29) is 23.8 Å². The smallest absolute Gasteiger partial charge is 0.255 e. The third kappa shape index (κ3) is 5.46. The van der Waals surface area contributed by atoms with Gasteiger partial charge >= 0.3 is 0 Å². The lowest BCUT2D eigenvalue weighted by Gasteiger charge is -2.40. The van der Waals surface area contributed by atoms with Crippen LogP contribution in [0.25, 0.3) is 0 Å². The Morgan fingerprint density at radius 2 is 1.75 bits per heavy atom. The summed E-state index contributed by atoms with van der Waals surface area (Å²) in [5.74, 6) is 0.860. The van der Waals surface area contributed by atoms with Crippen molar-refractivity contribution in [3.63, 3.8) is 0 Å². The van der Waals surface area contributed by atoms with Gasteiger partial charge in [-0.25, -0.2) is 0 Å². The standard InChI is InChI=1S/C25H32N4O3/c1-19-8-9-20(17-26-19)25(31)29-11-10-23(32-22-6-4-3-5-7-22)21(18-29)16-24(30)28-14-12-27(2)13-15-28/h3-9,17,21,23H,10-16,18H2,1-2H3/t21-,23-/m0/s1. The SMILES string of the molecule is Cc1ccc(C(=O)N2CC[C@H](Oc3ccccc3)[C@@H](CC(=O)N3CCN(C)CC3)C2)cn1. The molecule has 2 fully saturated rings. The van der Waals surface area contributed by atoms with Crippen LogP contribution in [0.1, 0.15) is 28.9 Å². The van der Waals surface area contributed by atoms with E-state index in [1.807, 2.05) is 59.2 Å². The first-order valence-electron chi connectivity index (χ1n) is 11.4. The molecule has 0 bridgehead atoms. The van der Waals surface area contributed by atoms with Crippen molar-refractivity contribution >= 4 is 11.8 Å². The first kappa shape index (κ1) is 22.3. The Bertz CT molecular complexity index is 911. The number of hydrogen-bond acceptors (Lipinski definition) is 5. The van der Waals surface area contributed by atoms with Crippen LogP contribution in [-0.2, 0) is 4.79 Å². The second-order valence-electron chi connectivity index (χ2n) is 8.85. The lowest BCUT2D eigenvalue weighted by atomic mass is 9.90. The van der Waals surface area contributed by atoms with Crippen LogP contribution in [0, 0.1) is 12.8 Å². The van der Waals surface area contributed by atoms with Gasteiger partial charge in [0.15, 0.2) is 0 Å². The maximum atomic E-state index is 13.1. The number of pyridine rings is 1. The van der Waals surface area contributed by atoms with Crippen molar-refractivity contribution in [1.82, 2.24) is 19.7 Å². The number of piperidine rings is 1. The largest absolute Gasteiger partial charge is 0.490 e. The molecule has 0 spiro atoms. The Kier molecular flexibility index (Phi) is 7.05. The third-order valence-electron chi connectivity index (χ3n) is 6.43. The highest BCUT2D eigenvalue weighted by Crippen LogP contribution is 2.27. The number of amides is 2. The molecule has 0 N–H and O–H groups in total. The van der Waals surface area contributed by atoms with Crippen LogP contribution in [0.2, 0.25) is 0 Å². The molecule has 3 heterocycles. The Morgan fingerprint density at radius 1 is 1.00 bits per heavy atom. The molecule has 2 aromatic rings. The van der Waals surface area contributed by atoms with Crippen molar-refractivity contribution in [1.29, 1.82) is 0 Å². The van der Waals surface area contributed by atoms with Crippen molar-refractivity contribution in [3.05, 3.63) is 59.9 Å². The predicted octanol–water partition coefficient (Wildman–Crippen LogP) is 2.46. The van der Waals surface area contributed by atoms with E-state index in [4.69, 9.17) is 4.74 Å². The number of aryl methyl sites for hydroxylation is 1. The van der Waals surface area contributed by atoms with E-state index < -0.39 is 0 Å². The van der Waals surface area contributed by atoms with Crippen molar-refractivity contribution < 1.29 is 14.3 Å². The van der Waals surface area contributed by atoms with E-state index in [2.05, 4.69) is 16.9 Å². The van der Waals surface area contributed by atoms with E-state index in [9.17, 15) is 9.59 Å². The fourth-order valence-corrected chi connectivity index (χ4v) is 4.41. The molecular formula is C25H32N4O3. The molecule has 0 saturated carbocycles. The topological polar surface area (TPSA) is 66.0 Å². The fourth-order valence-electron chi connectivity index (χ4n) is 4.41. The van der Waals surface area contributed by atoms with Crippen LogP contribution in [-0.4, -0.2) is 83.9 Å². The van der Waals surface area contributed by atoms with Gasteiger partial charge in [0.2, 0.25) is 5.91 Å². The Morgan fingerprint density at radius 3 is 2.44 bits per heavy atom. The van der Waals surface area contributed by atoms with E-state index in [0.29, 0.717) is 31.5 Å². The molecule has 2 saturated heterocycles. The minimum Gasteiger partial charge on any atom is -0.490 e. The van der Waals surface area contributed by atoms with Crippen molar-refractivity contribution in [2.24, 2.45) is 5.92 Å². The van der Waals surface area contributed by atoms with Gasteiger partial charge in [0.05, 0.1) is 5.56 Å². The number of likely N-dealkylation sites (N-methyl/N-ethyl adjacent to an activating group) is 1. The zero-order valence-electron chi connectivity index (χ0n) is 18.9. The molecular weight excluding hydrogens is 404 g/mol. The van der Waals surface area contributed by atoms with Crippen LogP contribution in [0.15, 0.2) is 48.7 Å². The van der Waals surface area contributed by atoms with E-state index >= 15 is 0 Å². The normalized spacial score (nSPS) is 21.9. The summed E-state index contributed by atoms with van der Waals surface area (Å²) < 4.78 is 6.29. The van der Waals surface area contributed by atoms with Crippen LogP contribution in [0.4, 0.5) is 0 Å². The highest BCUT2D eigenvalue weighted by molar-refractivity contribution is 5.94. The van der Waals surface area contributed by atoms with Crippen LogP contribution >= 0.6 is 0 Å². The number of hydrogen-bond donors (Lipinski definition) is 0. The molecule has 7 heteroatoms. The number of carbonyl (C=O) groups excluding carboxylic acids is 2. The summed E-state index contributed by atoms with van der Waals surface area (Å²) in [6, 6.07) is 13.4. The minimum atomic E-state index is -0.103. The molecule has 2 amide bonds. The lowest BCUT2D eigenvalue weighted by molar-refractivity contribution is -0.135. The van der Waals surface area contributed by atoms with Crippen LogP contribution in [0.5, 0.6) is 5.75 Å². The number of benzene rings is 1. The second kappa shape index (κ2) is 10.1. The molecule has 32 heavy (non-hydrogen) atoms. The predicted molar refractivity (Wildman–Crippen MR) is 123 cm³/mol. The number of nitrogens with zero attached hydrogens (tertiary/aromatic N) is 4. The van der Waals surface area contributed by atoms with Gasteiger partial charge in [-0.2, -0.15) is 0 Å². The molecule has 1 aromatic carbocycles. The van der Waals surface area contributed by atoms with Gasteiger partial charge in [-0.3, -0.25) is 14.6 Å². The zero-order valence-corrected chi connectivity index (χ0v) is 18.9. The molecule has 170 valence electrons. The summed E-state index contributed by atoms with van der Waals surface area (Å²) in [5.41, 5.74) is 1.47. The number of likely N-dealkylation sites (tertiary alicyclic amines) is 1. The number of piperazine rings is 1. The number of ether oxygens (including phenoxy) is 1. The monoisotopic (exact) mass is 436 g/mol. The summed E-state index contributed by atoms with van der Waals surface area (Å²) in [6.07, 6.45) is 2.61. The molecule has 2 aliphatic heterocycles. The minimum absolute atomic E-state index is 0.0345. The first-order valence-corrected chi connectivity index (χ1v) is 11.4. The van der Waals surface area contributed by atoms with Gasteiger partial charge in [0.25, 0.3) is 5.91 Å².